The van der Waals surface area contributed by atoms with Gasteiger partial charge in [0.1, 0.15) is 6.61 Å². The summed E-state index contributed by atoms with van der Waals surface area (Å²) in [4.78, 5) is 4.17. The van der Waals surface area contributed by atoms with Gasteiger partial charge in [-0.2, -0.15) is 0 Å². The molecule has 2 N–H and O–H groups in total. The van der Waals surface area contributed by atoms with Gasteiger partial charge in [0, 0.05) is 24.4 Å². The molecule has 1 rings (SSSR count). The van der Waals surface area contributed by atoms with E-state index in [-0.39, 0.29) is 6.04 Å². The summed E-state index contributed by atoms with van der Waals surface area (Å²) < 4.78 is 11.0. The molecule has 0 spiro atoms. The summed E-state index contributed by atoms with van der Waals surface area (Å²) in [5.41, 5.74) is 6.76. The zero-order valence-corrected chi connectivity index (χ0v) is 10.8. The molecule has 1 atom stereocenters. The zero-order valence-electron chi connectivity index (χ0n) is 10.8. The number of ether oxygens (including phenoxy) is 2. The van der Waals surface area contributed by atoms with Gasteiger partial charge in [0.25, 0.3) is 0 Å². The molecule has 1 heterocycles. The van der Waals surface area contributed by atoms with Crippen molar-refractivity contribution in [2.75, 3.05) is 19.8 Å². The Hall–Kier alpha value is -1.13. The van der Waals surface area contributed by atoms with Crippen molar-refractivity contribution in [1.29, 1.82) is 0 Å². The van der Waals surface area contributed by atoms with Gasteiger partial charge in [0.2, 0.25) is 5.88 Å². The second-order valence-corrected chi connectivity index (χ2v) is 4.50. The van der Waals surface area contributed by atoms with Crippen LogP contribution in [0.3, 0.4) is 0 Å². The molecule has 96 valence electrons. The van der Waals surface area contributed by atoms with E-state index in [1.54, 1.807) is 6.20 Å². The summed E-state index contributed by atoms with van der Waals surface area (Å²) in [6, 6.07) is 3.72. The molecule has 1 aromatic rings. The Balaban J connectivity index is 2.36. The summed E-state index contributed by atoms with van der Waals surface area (Å²) in [7, 11) is 0. The van der Waals surface area contributed by atoms with E-state index in [1.807, 2.05) is 19.1 Å². The van der Waals surface area contributed by atoms with Crippen molar-refractivity contribution >= 4 is 0 Å². The molecule has 0 unspecified atom stereocenters. The Kier molecular flexibility index (Phi) is 5.94. The SMILES string of the molecule is CC(C)COCCOc1ncccc1[C@@H](C)N. The van der Waals surface area contributed by atoms with Crippen molar-refractivity contribution < 1.29 is 9.47 Å². The third-order valence-electron chi connectivity index (χ3n) is 2.21. The van der Waals surface area contributed by atoms with Gasteiger partial charge in [0.15, 0.2) is 0 Å². The highest BCUT2D eigenvalue weighted by Crippen LogP contribution is 2.19. The van der Waals surface area contributed by atoms with Crippen LogP contribution in [0.4, 0.5) is 0 Å². The number of hydrogen-bond acceptors (Lipinski definition) is 4. The molecule has 0 aromatic carbocycles. The van der Waals surface area contributed by atoms with Gasteiger partial charge in [0.05, 0.1) is 6.61 Å². The van der Waals surface area contributed by atoms with Crippen molar-refractivity contribution in [3.8, 4) is 5.88 Å². The van der Waals surface area contributed by atoms with E-state index in [9.17, 15) is 0 Å². The molecule has 17 heavy (non-hydrogen) atoms. The summed E-state index contributed by atoms with van der Waals surface area (Å²) in [6.07, 6.45) is 1.70. The van der Waals surface area contributed by atoms with Gasteiger partial charge in [-0.15, -0.1) is 0 Å². The molecule has 0 amide bonds. The standard InChI is InChI=1S/C13H22N2O2/c1-10(2)9-16-7-8-17-13-12(11(3)14)5-4-6-15-13/h4-6,10-11H,7-9,14H2,1-3H3/t11-/m1/s1. The lowest BCUT2D eigenvalue weighted by Crippen LogP contribution is -2.13. The van der Waals surface area contributed by atoms with Gasteiger partial charge >= 0.3 is 0 Å². The van der Waals surface area contributed by atoms with E-state index in [1.165, 1.54) is 0 Å². The van der Waals surface area contributed by atoms with Crippen LogP contribution >= 0.6 is 0 Å². The quantitative estimate of drug-likeness (QED) is 0.739. The van der Waals surface area contributed by atoms with Crippen molar-refractivity contribution in [2.24, 2.45) is 11.7 Å². The average molecular weight is 238 g/mol. The molecule has 0 radical (unpaired) electrons. The van der Waals surface area contributed by atoms with Crippen molar-refractivity contribution in [3.63, 3.8) is 0 Å². The van der Waals surface area contributed by atoms with Crippen molar-refractivity contribution in [1.82, 2.24) is 4.98 Å². The molecule has 1 aromatic heterocycles. The molecule has 0 saturated carbocycles. The van der Waals surface area contributed by atoms with Gasteiger partial charge in [-0.25, -0.2) is 4.98 Å². The highest BCUT2D eigenvalue weighted by molar-refractivity contribution is 5.27. The Labute approximate surface area is 103 Å². The van der Waals surface area contributed by atoms with Crippen LogP contribution in [-0.2, 0) is 4.74 Å². The van der Waals surface area contributed by atoms with E-state index in [0.29, 0.717) is 25.0 Å². The van der Waals surface area contributed by atoms with Crippen LogP contribution in [0, 0.1) is 5.92 Å². The lowest BCUT2D eigenvalue weighted by atomic mass is 10.1. The summed E-state index contributed by atoms with van der Waals surface area (Å²) in [6.45, 7) is 7.99. The first-order valence-corrected chi connectivity index (χ1v) is 6.02. The Morgan fingerprint density at radius 3 is 2.71 bits per heavy atom. The van der Waals surface area contributed by atoms with Crippen LogP contribution in [0.15, 0.2) is 18.3 Å². The number of nitrogens with two attached hydrogens (primary N) is 1. The maximum absolute atomic E-state index is 5.83. The van der Waals surface area contributed by atoms with Gasteiger partial charge in [-0.05, 0) is 18.9 Å². The van der Waals surface area contributed by atoms with E-state index in [4.69, 9.17) is 15.2 Å². The number of hydrogen-bond donors (Lipinski definition) is 1. The third kappa shape index (κ3) is 5.15. The van der Waals surface area contributed by atoms with E-state index in [2.05, 4.69) is 18.8 Å². The summed E-state index contributed by atoms with van der Waals surface area (Å²) >= 11 is 0. The van der Waals surface area contributed by atoms with Crippen LogP contribution in [0.5, 0.6) is 5.88 Å². The maximum Gasteiger partial charge on any atom is 0.218 e. The first kappa shape index (κ1) is 13.9. The number of aromatic nitrogens is 1. The molecule has 0 aliphatic rings. The van der Waals surface area contributed by atoms with Crippen LogP contribution in [0.25, 0.3) is 0 Å². The van der Waals surface area contributed by atoms with Crippen molar-refractivity contribution in [3.05, 3.63) is 23.9 Å². The fourth-order valence-electron chi connectivity index (χ4n) is 1.39. The highest BCUT2D eigenvalue weighted by atomic mass is 16.5. The fourth-order valence-corrected chi connectivity index (χ4v) is 1.39. The van der Waals surface area contributed by atoms with E-state index < -0.39 is 0 Å². The van der Waals surface area contributed by atoms with Crippen LogP contribution in [0.2, 0.25) is 0 Å². The minimum atomic E-state index is -0.0738. The summed E-state index contributed by atoms with van der Waals surface area (Å²) in [5.74, 6) is 1.15. The predicted octanol–water partition coefficient (Wildman–Crippen LogP) is 2.15. The van der Waals surface area contributed by atoms with Crippen LogP contribution < -0.4 is 10.5 Å². The third-order valence-corrected chi connectivity index (χ3v) is 2.21. The number of rotatable bonds is 7. The minimum absolute atomic E-state index is 0.0738. The molecule has 0 aliphatic heterocycles. The van der Waals surface area contributed by atoms with Crippen LogP contribution in [-0.4, -0.2) is 24.8 Å². The average Bonchev–Trinajstić information content (AvgIpc) is 2.28. The second-order valence-electron chi connectivity index (χ2n) is 4.50. The molecule has 0 bridgehead atoms. The molecule has 4 heteroatoms. The van der Waals surface area contributed by atoms with Gasteiger partial charge in [-0.1, -0.05) is 19.9 Å². The minimum Gasteiger partial charge on any atom is -0.475 e. The predicted molar refractivity (Wildman–Crippen MR) is 68.0 cm³/mol. The molecular formula is C13H22N2O2. The Bertz CT molecular complexity index is 327. The van der Waals surface area contributed by atoms with Gasteiger partial charge < -0.3 is 15.2 Å². The Morgan fingerprint density at radius 1 is 1.29 bits per heavy atom. The molecule has 0 aliphatic carbocycles. The fraction of sp³-hybridized carbons (Fsp3) is 0.615. The van der Waals surface area contributed by atoms with Gasteiger partial charge in [-0.3, -0.25) is 0 Å². The maximum atomic E-state index is 5.83. The first-order valence-electron chi connectivity index (χ1n) is 6.02. The number of pyridine rings is 1. The lowest BCUT2D eigenvalue weighted by molar-refractivity contribution is 0.0802. The van der Waals surface area contributed by atoms with E-state index in [0.717, 1.165) is 12.2 Å². The van der Waals surface area contributed by atoms with E-state index >= 15 is 0 Å². The zero-order chi connectivity index (χ0) is 12.7. The monoisotopic (exact) mass is 238 g/mol. The molecule has 0 fully saturated rings. The smallest absolute Gasteiger partial charge is 0.218 e. The van der Waals surface area contributed by atoms with Crippen molar-refractivity contribution in [2.45, 2.75) is 26.8 Å². The van der Waals surface area contributed by atoms with Crippen LogP contribution in [0.1, 0.15) is 32.4 Å². The summed E-state index contributed by atoms with van der Waals surface area (Å²) in [5, 5.41) is 0. The highest BCUT2D eigenvalue weighted by Gasteiger charge is 2.08. The largest absolute Gasteiger partial charge is 0.475 e. The lowest BCUT2D eigenvalue weighted by Gasteiger charge is -2.12. The normalized spacial score (nSPS) is 12.8. The molecule has 4 nitrogen and oxygen atoms in total. The Morgan fingerprint density at radius 2 is 2.06 bits per heavy atom. The molecule has 0 saturated heterocycles. The number of nitrogens with zero attached hydrogens (tertiary/aromatic N) is 1. The second kappa shape index (κ2) is 7.25. The molecular weight excluding hydrogens is 216 g/mol. The topological polar surface area (TPSA) is 57.4 Å². The first-order chi connectivity index (χ1) is 8.11.